The van der Waals surface area contributed by atoms with E-state index in [0.29, 0.717) is 23.4 Å². The second-order valence-electron chi connectivity index (χ2n) is 8.37. The summed E-state index contributed by atoms with van der Waals surface area (Å²) in [5, 5.41) is 4.09. The predicted molar refractivity (Wildman–Crippen MR) is 120 cm³/mol. The maximum atomic E-state index is 5.86. The number of nitrogens with zero attached hydrogens (tertiary/aromatic N) is 4. The van der Waals surface area contributed by atoms with Crippen molar-refractivity contribution in [1.29, 1.82) is 0 Å². The molecule has 4 rings (SSSR count). The molecule has 0 atom stereocenters. The highest BCUT2D eigenvalue weighted by atomic mass is 16.5. The second-order valence-corrected chi connectivity index (χ2v) is 8.37. The van der Waals surface area contributed by atoms with Crippen molar-refractivity contribution in [3.05, 3.63) is 77.8 Å². The van der Waals surface area contributed by atoms with E-state index >= 15 is 0 Å². The van der Waals surface area contributed by atoms with Gasteiger partial charge in [0.25, 0.3) is 5.89 Å². The summed E-state index contributed by atoms with van der Waals surface area (Å²) in [5.74, 6) is 2.06. The Balaban J connectivity index is 1.48. The van der Waals surface area contributed by atoms with Crippen molar-refractivity contribution in [3.63, 3.8) is 0 Å². The topological polar surface area (TPSA) is 73.9 Å². The first-order valence-electron chi connectivity index (χ1n) is 10.4. The summed E-state index contributed by atoms with van der Waals surface area (Å²) in [6.45, 7) is 8.75. The number of rotatable bonds is 6. The van der Waals surface area contributed by atoms with Crippen molar-refractivity contribution in [3.8, 4) is 28.7 Å². The van der Waals surface area contributed by atoms with Crippen LogP contribution in [-0.2, 0) is 18.4 Å². The first-order valence-corrected chi connectivity index (χ1v) is 10.4. The van der Waals surface area contributed by atoms with E-state index in [-0.39, 0.29) is 12.0 Å². The normalized spacial score (nSPS) is 11.5. The highest BCUT2D eigenvalue weighted by molar-refractivity contribution is 5.56. The molecule has 6 nitrogen and oxygen atoms in total. The van der Waals surface area contributed by atoms with Gasteiger partial charge in [0.05, 0.1) is 0 Å². The SMILES string of the molecule is CCc1cc(OCc2nc(-c3ccc(C(C)(C)C)cc3)no2)nc(-c2ccccc2)n1. The van der Waals surface area contributed by atoms with Crippen LogP contribution in [0.3, 0.4) is 0 Å². The summed E-state index contributed by atoms with van der Waals surface area (Å²) in [7, 11) is 0. The van der Waals surface area contributed by atoms with E-state index in [4.69, 9.17) is 9.26 Å². The fourth-order valence-corrected chi connectivity index (χ4v) is 3.13. The van der Waals surface area contributed by atoms with Crippen molar-refractivity contribution < 1.29 is 9.26 Å². The lowest BCUT2D eigenvalue weighted by atomic mass is 9.87. The summed E-state index contributed by atoms with van der Waals surface area (Å²) in [6.07, 6.45) is 0.786. The molecule has 0 spiro atoms. The van der Waals surface area contributed by atoms with E-state index in [1.807, 2.05) is 48.5 Å². The van der Waals surface area contributed by atoms with Gasteiger partial charge in [0.1, 0.15) is 0 Å². The number of hydrogen-bond donors (Lipinski definition) is 0. The summed E-state index contributed by atoms with van der Waals surface area (Å²) < 4.78 is 11.2. The molecule has 0 radical (unpaired) electrons. The third-order valence-electron chi connectivity index (χ3n) is 4.97. The van der Waals surface area contributed by atoms with Crippen LogP contribution in [0.1, 0.15) is 44.8 Å². The van der Waals surface area contributed by atoms with Crippen LogP contribution in [0.4, 0.5) is 0 Å². The Bertz CT molecular complexity index is 1150. The van der Waals surface area contributed by atoms with Crippen molar-refractivity contribution >= 4 is 0 Å². The monoisotopic (exact) mass is 414 g/mol. The molecule has 0 saturated heterocycles. The molecule has 0 fully saturated rings. The molecule has 2 aromatic heterocycles. The summed E-state index contributed by atoms with van der Waals surface area (Å²) in [6, 6.07) is 19.9. The minimum Gasteiger partial charge on any atom is -0.467 e. The lowest BCUT2D eigenvalue weighted by molar-refractivity contribution is 0.235. The third-order valence-corrected chi connectivity index (χ3v) is 4.97. The Morgan fingerprint density at radius 1 is 0.839 bits per heavy atom. The maximum absolute atomic E-state index is 5.86. The molecule has 0 bridgehead atoms. The van der Waals surface area contributed by atoms with Crippen molar-refractivity contribution in [1.82, 2.24) is 20.1 Å². The smallest absolute Gasteiger partial charge is 0.264 e. The van der Waals surface area contributed by atoms with Crippen LogP contribution >= 0.6 is 0 Å². The van der Waals surface area contributed by atoms with Crippen molar-refractivity contribution in [2.45, 2.75) is 46.1 Å². The first-order chi connectivity index (χ1) is 14.9. The van der Waals surface area contributed by atoms with Gasteiger partial charge in [0.2, 0.25) is 11.7 Å². The Labute approximate surface area is 182 Å². The van der Waals surface area contributed by atoms with E-state index < -0.39 is 0 Å². The summed E-state index contributed by atoms with van der Waals surface area (Å²) in [4.78, 5) is 13.6. The third kappa shape index (κ3) is 4.97. The van der Waals surface area contributed by atoms with Gasteiger partial charge >= 0.3 is 0 Å². The van der Waals surface area contributed by atoms with Gasteiger partial charge in [-0.3, -0.25) is 0 Å². The lowest BCUT2D eigenvalue weighted by Crippen LogP contribution is -2.10. The average Bonchev–Trinajstić information content (AvgIpc) is 3.27. The van der Waals surface area contributed by atoms with Crippen molar-refractivity contribution in [2.75, 3.05) is 0 Å². The highest BCUT2D eigenvalue weighted by Crippen LogP contribution is 2.25. The largest absolute Gasteiger partial charge is 0.467 e. The molecule has 4 aromatic rings. The second kappa shape index (κ2) is 8.68. The quantitative estimate of drug-likeness (QED) is 0.407. The molecular weight excluding hydrogens is 388 g/mol. The molecular formula is C25H26N4O2. The zero-order valence-electron chi connectivity index (χ0n) is 18.3. The molecule has 158 valence electrons. The Kier molecular flexibility index (Phi) is 5.80. The molecule has 0 unspecified atom stereocenters. The van der Waals surface area contributed by atoms with E-state index in [0.717, 1.165) is 23.2 Å². The highest BCUT2D eigenvalue weighted by Gasteiger charge is 2.15. The molecule has 31 heavy (non-hydrogen) atoms. The molecule has 0 N–H and O–H groups in total. The number of aromatic nitrogens is 4. The standard InChI is InChI=1S/C25H26N4O2/c1-5-20-15-21(27-23(26-20)17-9-7-6-8-10-17)30-16-22-28-24(29-31-22)18-11-13-19(14-12-18)25(2,3)4/h6-15H,5,16H2,1-4H3. The molecule has 0 aliphatic carbocycles. The lowest BCUT2D eigenvalue weighted by Gasteiger charge is -2.18. The van der Waals surface area contributed by atoms with E-state index in [1.165, 1.54) is 5.56 Å². The number of hydrogen-bond acceptors (Lipinski definition) is 6. The Hall–Kier alpha value is -3.54. The van der Waals surface area contributed by atoms with Gasteiger partial charge in [0.15, 0.2) is 12.4 Å². The Morgan fingerprint density at radius 2 is 1.55 bits per heavy atom. The minimum absolute atomic E-state index is 0.0995. The summed E-state index contributed by atoms with van der Waals surface area (Å²) >= 11 is 0. The Morgan fingerprint density at radius 3 is 2.23 bits per heavy atom. The van der Waals surface area contributed by atoms with Crippen LogP contribution in [0.25, 0.3) is 22.8 Å². The van der Waals surface area contributed by atoms with Gasteiger partial charge in [-0.15, -0.1) is 0 Å². The predicted octanol–water partition coefficient (Wildman–Crippen LogP) is 5.63. The van der Waals surface area contributed by atoms with Crippen LogP contribution in [0, 0.1) is 0 Å². The molecule has 0 aliphatic rings. The van der Waals surface area contributed by atoms with Gasteiger partial charge in [-0.25, -0.2) is 4.98 Å². The van der Waals surface area contributed by atoms with Gasteiger partial charge in [-0.05, 0) is 17.4 Å². The first kappa shape index (κ1) is 20.7. The molecule has 2 aromatic carbocycles. The van der Waals surface area contributed by atoms with E-state index in [9.17, 15) is 0 Å². The molecule has 0 amide bonds. The number of ether oxygens (including phenoxy) is 1. The van der Waals surface area contributed by atoms with Crippen LogP contribution in [0.15, 0.2) is 65.2 Å². The fourth-order valence-electron chi connectivity index (χ4n) is 3.13. The van der Waals surface area contributed by atoms with Gasteiger partial charge in [-0.2, -0.15) is 9.97 Å². The zero-order chi connectivity index (χ0) is 21.8. The van der Waals surface area contributed by atoms with Crippen molar-refractivity contribution in [2.24, 2.45) is 0 Å². The average molecular weight is 415 g/mol. The van der Waals surface area contributed by atoms with Gasteiger partial charge < -0.3 is 9.26 Å². The van der Waals surface area contributed by atoms with Crippen LogP contribution < -0.4 is 4.74 Å². The van der Waals surface area contributed by atoms with Gasteiger partial charge in [0, 0.05) is 22.9 Å². The molecule has 6 heteroatoms. The van der Waals surface area contributed by atoms with E-state index in [2.05, 4.69) is 59.9 Å². The zero-order valence-corrected chi connectivity index (χ0v) is 18.3. The van der Waals surface area contributed by atoms with Crippen LogP contribution in [0.2, 0.25) is 0 Å². The number of aryl methyl sites for hydroxylation is 1. The number of benzene rings is 2. The molecule has 0 aliphatic heterocycles. The maximum Gasteiger partial charge on any atom is 0.264 e. The van der Waals surface area contributed by atoms with Crippen LogP contribution in [0.5, 0.6) is 5.88 Å². The molecule has 2 heterocycles. The minimum atomic E-state index is 0.0995. The fraction of sp³-hybridized carbons (Fsp3) is 0.280. The molecule has 0 saturated carbocycles. The van der Waals surface area contributed by atoms with Gasteiger partial charge in [-0.1, -0.05) is 87.4 Å². The van der Waals surface area contributed by atoms with E-state index in [1.54, 1.807) is 0 Å². The van der Waals surface area contributed by atoms with Crippen LogP contribution in [-0.4, -0.2) is 20.1 Å². The summed E-state index contributed by atoms with van der Waals surface area (Å²) in [5.41, 5.74) is 4.12.